The Morgan fingerprint density at radius 1 is 1.69 bits per heavy atom. The van der Waals surface area contributed by atoms with Crippen LogP contribution in [0.1, 0.15) is 6.92 Å². The Kier molecular flexibility index (Phi) is 5.27. The highest BCUT2D eigenvalue weighted by molar-refractivity contribution is 5.89. The summed E-state index contributed by atoms with van der Waals surface area (Å²) >= 11 is 0. The SMILES string of the molecule is C=N/C(=C\C(=C)NCC)C(=O)OC. The minimum Gasteiger partial charge on any atom is -0.464 e. The average molecular weight is 182 g/mol. The number of carbonyl (C=O) groups is 1. The third-order valence-electron chi connectivity index (χ3n) is 1.28. The van der Waals surface area contributed by atoms with E-state index in [0.717, 1.165) is 6.54 Å². The maximum absolute atomic E-state index is 11.0. The fourth-order valence-corrected chi connectivity index (χ4v) is 0.717. The Bertz CT molecular complexity index is 244. The average Bonchev–Trinajstić information content (AvgIpc) is 2.13. The van der Waals surface area contributed by atoms with Crippen LogP contribution in [-0.2, 0) is 9.53 Å². The summed E-state index contributed by atoms with van der Waals surface area (Å²) in [5.74, 6) is -0.519. The van der Waals surface area contributed by atoms with Crippen molar-refractivity contribution in [1.29, 1.82) is 0 Å². The summed E-state index contributed by atoms with van der Waals surface area (Å²) < 4.78 is 4.47. The van der Waals surface area contributed by atoms with Gasteiger partial charge in [0.1, 0.15) is 5.70 Å². The molecule has 0 radical (unpaired) electrons. The first-order chi connectivity index (χ1) is 6.15. The monoisotopic (exact) mass is 182 g/mol. The fourth-order valence-electron chi connectivity index (χ4n) is 0.717. The van der Waals surface area contributed by atoms with Crippen molar-refractivity contribution in [1.82, 2.24) is 5.32 Å². The van der Waals surface area contributed by atoms with Crippen LogP contribution in [0.15, 0.2) is 29.0 Å². The van der Waals surface area contributed by atoms with Crippen LogP contribution >= 0.6 is 0 Å². The van der Waals surface area contributed by atoms with Gasteiger partial charge in [-0.05, 0) is 19.7 Å². The molecule has 0 aromatic rings. The Labute approximate surface area is 78.0 Å². The number of hydrogen-bond donors (Lipinski definition) is 1. The number of aliphatic imine (C=N–C) groups is 1. The highest BCUT2D eigenvalue weighted by Gasteiger charge is 2.06. The summed E-state index contributed by atoms with van der Waals surface area (Å²) in [4.78, 5) is 14.5. The molecule has 0 saturated heterocycles. The third-order valence-corrected chi connectivity index (χ3v) is 1.28. The molecule has 0 unspecified atom stereocenters. The first-order valence-corrected chi connectivity index (χ1v) is 3.85. The van der Waals surface area contributed by atoms with Crippen molar-refractivity contribution in [2.24, 2.45) is 4.99 Å². The molecule has 0 aliphatic heterocycles. The van der Waals surface area contributed by atoms with E-state index in [2.05, 4.69) is 28.3 Å². The minimum absolute atomic E-state index is 0.147. The van der Waals surface area contributed by atoms with Gasteiger partial charge in [-0.1, -0.05) is 6.58 Å². The fraction of sp³-hybridized carbons (Fsp3) is 0.333. The second kappa shape index (κ2) is 5.99. The number of nitrogens with one attached hydrogen (secondary N) is 1. The molecule has 1 N–H and O–H groups in total. The maximum atomic E-state index is 11.0. The topological polar surface area (TPSA) is 50.7 Å². The molecule has 0 aliphatic rings. The zero-order chi connectivity index (χ0) is 10.3. The molecule has 4 heteroatoms. The molecule has 4 nitrogen and oxygen atoms in total. The first kappa shape index (κ1) is 11.4. The number of rotatable bonds is 5. The normalized spacial score (nSPS) is 10.5. The molecule has 0 aromatic heterocycles. The molecular weight excluding hydrogens is 168 g/mol. The van der Waals surface area contributed by atoms with Crippen molar-refractivity contribution in [3.63, 3.8) is 0 Å². The zero-order valence-electron chi connectivity index (χ0n) is 7.96. The van der Waals surface area contributed by atoms with Crippen LogP contribution < -0.4 is 5.32 Å². The van der Waals surface area contributed by atoms with E-state index in [-0.39, 0.29) is 5.70 Å². The lowest BCUT2D eigenvalue weighted by molar-refractivity contribution is -0.136. The molecule has 0 aromatic carbocycles. The van der Waals surface area contributed by atoms with Crippen LogP contribution in [0.5, 0.6) is 0 Å². The van der Waals surface area contributed by atoms with Gasteiger partial charge >= 0.3 is 5.97 Å². The molecule has 0 fully saturated rings. The quantitative estimate of drug-likeness (QED) is 0.297. The van der Waals surface area contributed by atoms with Gasteiger partial charge in [-0.3, -0.25) is 4.99 Å². The molecular formula is C9H14N2O2. The number of esters is 1. The van der Waals surface area contributed by atoms with E-state index in [1.54, 1.807) is 0 Å². The van der Waals surface area contributed by atoms with Crippen molar-refractivity contribution in [2.45, 2.75) is 6.92 Å². The molecule has 0 amide bonds. The number of likely N-dealkylation sites (N-methyl/N-ethyl adjacent to an activating group) is 1. The van der Waals surface area contributed by atoms with Crippen LogP contribution in [0.2, 0.25) is 0 Å². The second-order valence-electron chi connectivity index (χ2n) is 2.23. The minimum atomic E-state index is -0.519. The van der Waals surface area contributed by atoms with Gasteiger partial charge in [0.05, 0.1) is 7.11 Å². The smallest absolute Gasteiger partial charge is 0.356 e. The van der Waals surface area contributed by atoms with Gasteiger partial charge in [-0.2, -0.15) is 0 Å². The van der Waals surface area contributed by atoms with Crippen LogP contribution in [0.3, 0.4) is 0 Å². The highest BCUT2D eigenvalue weighted by atomic mass is 16.5. The van der Waals surface area contributed by atoms with E-state index in [4.69, 9.17) is 0 Å². The summed E-state index contributed by atoms with van der Waals surface area (Å²) in [6.07, 6.45) is 1.49. The van der Waals surface area contributed by atoms with Crippen LogP contribution in [0.25, 0.3) is 0 Å². The standard InChI is InChI=1S/C9H14N2O2/c1-5-11-7(2)6-8(10-3)9(12)13-4/h6,11H,2-3,5H2,1,4H3/b8-6-. The van der Waals surface area contributed by atoms with Crippen LogP contribution in [0.4, 0.5) is 0 Å². The number of nitrogens with zero attached hydrogens (tertiary/aromatic N) is 1. The van der Waals surface area contributed by atoms with E-state index in [0.29, 0.717) is 5.70 Å². The van der Waals surface area contributed by atoms with Crippen molar-refractivity contribution in [3.05, 3.63) is 24.0 Å². The van der Waals surface area contributed by atoms with Crippen molar-refractivity contribution in [3.8, 4) is 0 Å². The van der Waals surface area contributed by atoms with Crippen molar-refractivity contribution < 1.29 is 9.53 Å². The molecule has 0 bridgehead atoms. The number of methoxy groups -OCH3 is 1. The predicted molar refractivity (Wildman–Crippen MR) is 52.5 cm³/mol. The Morgan fingerprint density at radius 2 is 2.31 bits per heavy atom. The van der Waals surface area contributed by atoms with Crippen LogP contribution in [0, 0.1) is 0 Å². The summed E-state index contributed by atoms with van der Waals surface area (Å²) in [7, 11) is 1.29. The van der Waals surface area contributed by atoms with Crippen molar-refractivity contribution >= 4 is 12.7 Å². The van der Waals surface area contributed by atoms with Crippen molar-refractivity contribution in [2.75, 3.05) is 13.7 Å². The van der Waals surface area contributed by atoms with E-state index in [1.165, 1.54) is 13.2 Å². The van der Waals surface area contributed by atoms with Gasteiger partial charge in [0, 0.05) is 12.2 Å². The third kappa shape index (κ3) is 4.10. The Hall–Kier alpha value is -1.58. The Balaban J connectivity index is 4.46. The van der Waals surface area contributed by atoms with E-state index < -0.39 is 5.97 Å². The number of carbonyl (C=O) groups excluding carboxylic acids is 1. The van der Waals surface area contributed by atoms with Gasteiger partial charge in [0.2, 0.25) is 0 Å². The summed E-state index contributed by atoms with van der Waals surface area (Å²) in [6, 6.07) is 0. The summed E-state index contributed by atoms with van der Waals surface area (Å²) in [5, 5.41) is 2.92. The van der Waals surface area contributed by atoms with E-state index in [9.17, 15) is 4.79 Å². The zero-order valence-corrected chi connectivity index (χ0v) is 7.96. The highest BCUT2D eigenvalue weighted by Crippen LogP contribution is 2.01. The lowest BCUT2D eigenvalue weighted by Crippen LogP contribution is -2.11. The first-order valence-electron chi connectivity index (χ1n) is 3.85. The largest absolute Gasteiger partial charge is 0.464 e. The van der Waals surface area contributed by atoms with Gasteiger partial charge < -0.3 is 10.1 Å². The van der Waals surface area contributed by atoms with Gasteiger partial charge in [-0.25, -0.2) is 4.79 Å². The number of ether oxygens (including phenoxy) is 1. The molecule has 72 valence electrons. The van der Waals surface area contributed by atoms with E-state index in [1.807, 2.05) is 6.92 Å². The summed E-state index contributed by atoms with van der Waals surface area (Å²) in [6.45, 7) is 9.59. The number of hydrogen-bond acceptors (Lipinski definition) is 4. The van der Waals surface area contributed by atoms with Gasteiger partial charge in [0.15, 0.2) is 0 Å². The second-order valence-corrected chi connectivity index (χ2v) is 2.23. The van der Waals surface area contributed by atoms with Crippen LogP contribution in [-0.4, -0.2) is 26.3 Å². The molecule has 13 heavy (non-hydrogen) atoms. The van der Waals surface area contributed by atoms with Gasteiger partial charge in [-0.15, -0.1) is 0 Å². The molecule has 0 heterocycles. The lowest BCUT2D eigenvalue weighted by atomic mass is 10.3. The summed E-state index contributed by atoms with van der Waals surface area (Å²) in [5.41, 5.74) is 0.753. The molecule has 0 saturated carbocycles. The molecule has 0 spiro atoms. The molecule has 0 rings (SSSR count). The predicted octanol–water partition coefficient (Wildman–Crippen LogP) is 0.867. The maximum Gasteiger partial charge on any atom is 0.356 e. The number of allylic oxidation sites excluding steroid dienone is 1. The molecule has 0 atom stereocenters. The molecule has 0 aliphatic carbocycles. The van der Waals surface area contributed by atoms with Gasteiger partial charge in [0.25, 0.3) is 0 Å². The van der Waals surface area contributed by atoms with E-state index >= 15 is 0 Å². The Morgan fingerprint density at radius 3 is 2.69 bits per heavy atom. The lowest BCUT2D eigenvalue weighted by Gasteiger charge is -2.02.